The Labute approximate surface area is 407 Å². The summed E-state index contributed by atoms with van der Waals surface area (Å²) in [5, 5.41) is 0. The van der Waals surface area contributed by atoms with Gasteiger partial charge in [-0.2, -0.15) is 0 Å². The van der Waals surface area contributed by atoms with Crippen LogP contribution in [0.4, 0.5) is 0 Å². The number of ether oxygens (including phenoxy) is 3. The number of carbonyl (C=O) groups is 3. The van der Waals surface area contributed by atoms with Crippen molar-refractivity contribution < 1.29 is 28.6 Å². The highest BCUT2D eigenvalue weighted by Crippen LogP contribution is 2.15. The van der Waals surface area contributed by atoms with Gasteiger partial charge in [-0.1, -0.05) is 247 Å². The number of carbonyl (C=O) groups excluding carboxylic acids is 3. The Balaban J connectivity index is 4.15. The maximum atomic E-state index is 12.7. The van der Waals surface area contributed by atoms with Crippen LogP contribution >= 0.6 is 0 Å². The van der Waals surface area contributed by atoms with Gasteiger partial charge in [0.25, 0.3) is 0 Å². The van der Waals surface area contributed by atoms with Crippen LogP contribution in [0, 0.1) is 0 Å². The van der Waals surface area contributed by atoms with Gasteiger partial charge < -0.3 is 14.2 Å². The van der Waals surface area contributed by atoms with E-state index in [9.17, 15) is 14.4 Å². The average molecular weight is 919 g/mol. The van der Waals surface area contributed by atoms with Crippen molar-refractivity contribution in [2.45, 2.75) is 264 Å². The standard InChI is InChI=1S/C60H102O6/c1-4-7-10-13-16-18-20-22-24-25-26-27-28-29-30-31-32-33-34-35-37-38-40-42-44-47-50-53-59(62)65-56-57(55-64-58(61)52-49-46-15-12-9-6-3)66-60(63)54-51-48-45-43-41-39-36-23-21-19-17-14-11-8-5-2/h8,11,17,19-20,22-23,25-26,36,41,43,48,51,57H,4-7,9-10,12-16,18,21,24,27-35,37-40,42,44-47,49-50,52-56H2,1-3H3/b11-8-,19-17-,22-20-,26-25-,36-23-,43-41-,51-48-. The van der Waals surface area contributed by atoms with Crippen molar-refractivity contribution >= 4 is 17.9 Å². The minimum atomic E-state index is -0.826. The van der Waals surface area contributed by atoms with E-state index in [4.69, 9.17) is 14.2 Å². The van der Waals surface area contributed by atoms with Crippen molar-refractivity contribution in [1.29, 1.82) is 0 Å². The number of rotatable bonds is 49. The molecule has 0 bridgehead atoms. The zero-order valence-electron chi connectivity index (χ0n) is 43.2. The molecule has 0 aromatic carbocycles. The van der Waals surface area contributed by atoms with Gasteiger partial charge in [-0.25, -0.2) is 0 Å². The second kappa shape index (κ2) is 54.2. The van der Waals surface area contributed by atoms with E-state index < -0.39 is 12.1 Å². The SMILES string of the molecule is CC/C=C\C/C=C\C/C=C\C/C=C\C/C=C\CC(=O)OC(COC(=O)CCCCCCCC)COC(=O)CCCCCCCCCCCCCCCCC/C=C\C/C=C\CCCCCCC. The molecular formula is C60H102O6. The van der Waals surface area contributed by atoms with Gasteiger partial charge in [-0.15, -0.1) is 0 Å². The molecule has 0 saturated carbocycles. The maximum absolute atomic E-state index is 12.7. The van der Waals surface area contributed by atoms with Gasteiger partial charge in [0.15, 0.2) is 6.10 Å². The molecule has 0 fully saturated rings. The summed E-state index contributed by atoms with van der Waals surface area (Å²) in [6.45, 7) is 6.37. The summed E-state index contributed by atoms with van der Waals surface area (Å²) < 4.78 is 16.6. The minimum absolute atomic E-state index is 0.0977. The molecule has 378 valence electrons. The van der Waals surface area contributed by atoms with Gasteiger partial charge in [0.2, 0.25) is 0 Å². The normalized spacial score (nSPS) is 12.7. The van der Waals surface area contributed by atoms with Crippen LogP contribution < -0.4 is 0 Å². The summed E-state index contributed by atoms with van der Waals surface area (Å²) in [5.74, 6) is -1.05. The van der Waals surface area contributed by atoms with E-state index in [1.807, 2.05) is 6.08 Å². The fourth-order valence-electron chi connectivity index (χ4n) is 7.55. The van der Waals surface area contributed by atoms with E-state index >= 15 is 0 Å². The third-order valence-electron chi connectivity index (χ3n) is 11.7. The Morgan fingerprint density at radius 1 is 0.333 bits per heavy atom. The van der Waals surface area contributed by atoms with E-state index in [1.165, 1.54) is 141 Å². The van der Waals surface area contributed by atoms with Gasteiger partial charge in [0, 0.05) is 12.8 Å². The number of unbranched alkanes of at least 4 members (excludes halogenated alkanes) is 25. The second-order valence-corrected chi connectivity index (χ2v) is 18.1. The molecule has 0 aliphatic rings. The molecular weight excluding hydrogens is 817 g/mol. The zero-order valence-corrected chi connectivity index (χ0v) is 43.2. The molecule has 66 heavy (non-hydrogen) atoms. The lowest BCUT2D eigenvalue weighted by atomic mass is 10.0. The Kier molecular flexibility index (Phi) is 51.4. The molecule has 1 atom stereocenters. The van der Waals surface area contributed by atoms with Crippen molar-refractivity contribution in [2.75, 3.05) is 13.2 Å². The van der Waals surface area contributed by atoms with E-state index in [1.54, 1.807) is 6.08 Å². The molecule has 6 heteroatoms. The Morgan fingerprint density at radius 2 is 0.636 bits per heavy atom. The first kappa shape index (κ1) is 62.6. The molecule has 1 unspecified atom stereocenters. The zero-order chi connectivity index (χ0) is 47.9. The molecule has 0 aliphatic heterocycles. The number of hydrogen-bond donors (Lipinski definition) is 0. The quantitative estimate of drug-likeness (QED) is 0.0262. The molecule has 0 heterocycles. The molecule has 0 saturated heterocycles. The van der Waals surface area contributed by atoms with Crippen LogP contribution in [-0.4, -0.2) is 37.2 Å². The van der Waals surface area contributed by atoms with Crippen LogP contribution in [0.5, 0.6) is 0 Å². The van der Waals surface area contributed by atoms with Gasteiger partial charge in [-0.05, 0) is 77.0 Å². The van der Waals surface area contributed by atoms with Gasteiger partial charge in [0.05, 0.1) is 6.42 Å². The third-order valence-corrected chi connectivity index (χ3v) is 11.7. The summed E-state index contributed by atoms with van der Waals surface area (Å²) in [6.07, 6.45) is 70.7. The smallest absolute Gasteiger partial charge is 0.310 e. The maximum Gasteiger partial charge on any atom is 0.310 e. The number of hydrogen-bond acceptors (Lipinski definition) is 6. The summed E-state index contributed by atoms with van der Waals surface area (Å²) in [6, 6.07) is 0. The van der Waals surface area contributed by atoms with E-state index in [2.05, 4.69) is 93.7 Å². The molecule has 0 radical (unpaired) electrons. The van der Waals surface area contributed by atoms with Crippen molar-refractivity contribution in [2.24, 2.45) is 0 Å². The van der Waals surface area contributed by atoms with Crippen molar-refractivity contribution in [3.8, 4) is 0 Å². The van der Waals surface area contributed by atoms with Crippen molar-refractivity contribution in [3.05, 3.63) is 85.1 Å². The lowest BCUT2D eigenvalue weighted by molar-refractivity contribution is -0.166. The van der Waals surface area contributed by atoms with Crippen LogP contribution in [-0.2, 0) is 28.6 Å². The fourth-order valence-corrected chi connectivity index (χ4v) is 7.55. The summed E-state index contributed by atoms with van der Waals surface area (Å²) >= 11 is 0. The van der Waals surface area contributed by atoms with Crippen molar-refractivity contribution in [1.82, 2.24) is 0 Å². The monoisotopic (exact) mass is 919 g/mol. The van der Waals surface area contributed by atoms with Crippen molar-refractivity contribution in [3.63, 3.8) is 0 Å². The van der Waals surface area contributed by atoms with Crippen LogP contribution in [0.15, 0.2) is 85.1 Å². The Morgan fingerprint density at radius 3 is 1.00 bits per heavy atom. The third kappa shape index (κ3) is 51.6. The van der Waals surface area contributed by atoms with E-state index in [0.717, 1.165) is 77.0 Å². The lowest BCUT2D eigenvalue weighted by Gasteiger charge is -2.18. The van der Waals surface area contributed by atoms with E-state index in [0.29, 0.717) is 12.8 Å². The van der Waals surface area contributed by atoms with Gasteiger partial charge in [0.1, 0.15) is 13.2 Å². The molecule has 0 amide bonds. The van der Waals surface area contributed by atoms with Gasteiger partial charge >= 0.3 is 17.9 Å². The first-order chi connectivity index (χ1) is 32.5. The molecule has 0 rings (SSSR count). The molecule has 0 aromatic rings. The van der Waals surface area contributed by atoms with Gasteiger partial charge in [-0.3, -0.25) is 14.4 Å². The number of allylic oxidation sites excluding steroid dienone is 13. The minimum Gasteiger partial charge on any atom is -0.462 e. The second-order valence-electron chi connectivity index (χ2n) is 18.1. The van der Waals surface area contributed by atoms with Crippen LogP contribution in [0.25, 0.3) is 0 Å². The predicted octanol–water partition coefficient (Wildman–Crippen LogP) is 18.4. The Hall–Kier alpha value is -3.41. The highest BCUT2D eigenvalue weighted by atomic mass is 16.6. The first-order valence-corrected chi connectivity index (χ1v) is 27.6. The summed E-state index contributed by atoms with van der Waals surface area (Å²) in [4.78, 5) is 37.7. The van der Waals surface area contributed by atoms with E-state index in [-0.39, 0.29) is 31.6 Å². The van der Waals surface area contributed by atoms with Crippen LogP contribution in [0.2, 0.25) is 0 Å². The van der Waals surface area contributed by atoms with Crippen LogP contribution in [0.1, 0.15) is 258 Å². The topological polar surface area (TPSA) is 78.9 Å². The lowest BCUT2D eigenvalue weighted by Crippen LogP contribution is -2.30. The predicted molar refractivity (Wildman–Crippen MR) is 284 cm³/mol. The number of esters is 3. The molecule has 0 aromatic heterocycles. The highest BCUT2D eigenvalue weighted by Gasteiger charge is 2.19. The highest BCUT2D eigenvalue weighted by molar-refractivity contribution is 5.72. The molecule has 6 nitrogen and oxygen atoms in total. The molecule has 0 aliphatic carbocycles. The molecule has 0 N–H and O–H groups in total. The summed E-state index contributed by atoms with van der Waals surface area (Å²) in [5.41, 5.74) is 0. The van der Waals surface area contributed by atoms with Crippen LogP contribution in [0.3, 0.4) is 0 Å². The fraction of sp³-hybridized carbons (Fsp3) is 0.717. The molecule has 0 spiro atoms. The first-order valence-electron chi connectivity index (χ1n) is 27.6. The Bertz CT molecular complexity index is 1290. The average Bonchev–Trinajstić information content (AvgIpc) is 3.31. The summed E-state index contributed by atoms with van der Waals surface area (Å²) in [7, 11) is 0. The largest absolute Gasteiger partial charge is 0.462 e.